The van der Waals surface area contributed by atoms with Gasteiger partial charge in [0.05, 0.1) is 4.90 Å². The molecule has 0 spiro atoms. The summed E-state index contributed by atoms with van der Waals surface area (Å²) in [6.07, 6.45) is 1.54. The van der Waals surface area contributed by atoms with Gasteiger partial charge in [-0.25, -0.2) is 13.4 Å². The monoisotopic (exact) mass is 345 g/mol. The molecule has 114 valence electrons. The fourth-order valence-corrected chi connectivity index (χ4v) is 3.73. The highest BCUT2D eigenvalue weighted by atomic mass is 35.5. The van der Waals surface area contributed by atoms with E-state index in [1.165, 1.54) is 23.6 Å². The Kier molecular flexibility index (Phi) is 5.21. The number of hydrogen-bond acceptors (Lipinski definition) is 5. The van der Waals surface area contributed by atoms with Crippen molar-refractivity contribution >= 4 is 38.1 Å². The summed E-state index contributed by atoms with van der Waals surface area (Å²) in [7, 11) is -3.66. The number of benzene rings is 1. The molecule has 0 radical (unpaired) electrons. The van der Waals surface area contributed by atoms with E-state index in [4.69, 9.17) is 11.6 Å². The number of rotatable bonds is 6. The number of aromatic nitrogens is 1. The predicted octanol–water partition coefficient (Wildman–Crippen LogP) is 3.10. The number of nitrogens with one attached hydrogen (secondary N) is 2. The van der Waals surface area contributed by atoms with Gasteiger partial charge in [0.25, 0.3) is 10.0 Å². The van der Waals surface area contributed by atoms with Crippen LogP contribution in [0.4, 0.5) is 5.13 Å². The lowest BCUT2D eigenvalue weighted by Gasteiger charge is -2.11. The highest BCUT2D eigenvalue weighted by Crippen LogP contribution is 2.23. The molecule has 0 unspecified atom stereocenters. The Bertz CT molecular complexity index is 700. The standard InChI is InChI=1S/C13H16ClN3O2S2/c1-9(2)16-8-10-3-4-11(7-12(10)14)21(18,19)17-13-15-5-6-20-13/h3-7,9,16H,8H2,1-2H3,(H,15,17). The van der Waals surface area contributed by atoms with Crippen LogP contribution in [-0.4, -0.2) is 19.4 Å². The zero-order valence-electron chi connectivity index (χ0n) is 11.6. The lowest BCUT2D eigenvalue weighted by atomic mass is 10.2. The van der Waals surface area contributed by atoms with Crippen LogP contribution in [0, 0.1) is 0 Å². The molecule has 1 aromatic heterocycles. The second kappa shape index (κ2) is 6.74. The number of anilines is 1. The minimum absolute atomic E-state index is 0.121. The van der Waals surface area contributed by atoms with Crippen molar-refractivity contribution < 1.29 is 8.42 Å². The number of sulfonamides is 1. The smallest absolute Gasteiger partial charge is 0.263 e. The molecule has 2 N–H and O–H groups in total. The molecule has 1 heterocycles. The zero-order valence-corrected chi connectivity index (χ0v) is 14.0. The Morgan fingerprint density at radius 2 is 2.14 bits per heavy atom. The van der Waals surface area contributed by atoms with Gasteiger partial charge in [-0.05, 0) is 17.7 Å². The van der Waals surface area contributed by atoms with Gasteiger partial charge < -0.3 is 5.32 Å². The van der Waals surface area contributed by atoms with Gasteiger partial charge in [0, 0.05) is 29.2 Å². The molecule has 0 aliphatic heterocycles. The van der Waals surface area contributed by atoms with E-state index in [-0.39, 0.29) is 4.90 Å². The van der Waals surface area contributed by atoms with Crippen molar-refractivity contribution in [1.82, 2.24) is 10.3 Å². The third kappa shape index (κ3) is 4.41. The number of thiazole rings is 1. The molecule has 0 amide bonds. The second-order valence-electron chi connectivity index (χ2n) is 4.73. The summed E-state index contributed by atoms with van der Waals surface area (Å²) in [6, 6.07) is 5.04. The maximum atomic E-state index is 12.2. The molecule has 21 heavy (non-hydrogen) atoms. The van der Waals surface area contributed by atoms with Crippen LogP contribution in [0.3, 0.4) is 0 Å². The van der Waals surface area contributed by atoms with Crippen molar-refractivity contribution in [1.29, 1.82) is 0 Å². The SMILES string of the molecule is CC(C)NCc1ccc(S(=O)(=O)Nc2nccs2)cc1Cl. The molecule has 0 saturated carbocycles. The molecule has 1 aromatic carbocycles. The topological polar surface area (TPSA) is 71.1 Å². The van der Waals surface area contributed by atoms with Crippen LogP contribution >= 0.6 is 22.9 Å². The summed E-state index contributed by atoms with van der Waals surface area (Å²) in [4.78, 5) is 4.02. The largest absolute Gasteiger partial charge is 0.310 e. The van der Waals surface area contributed by atoms with E-state index in [0.717, 1.165) is 5.56 Å². The van der Waals surface area contributed by atoms with Crippen LogP contribution in [0.15, 0.2) is 34.7 Å². The van der Waals surface area contributed by atoms with Gasteiger partial charge in [0.1, 0.15) is 0 Å². The second-order valence-corrected chi connectivity index (χ2v) is 7.72. The summed E-state index contributed by atoms with van der Waals surface area (Å²) in [5, 5.41) is 5.69. The molecular weight excluding hydrogens is 330 g/mol. The van der Waals surface area contributed by atoms with E-state index in [2.05, 4.69) is 15.0 Å². The third-order valence-electron chi connectivity index (χ3n) is 2.69. The fourth-order valence-electron chi connectivity index (χ4n) is 1.60. The average Bonchev–Trinajstić information content (AvgIpc) is 2.89. The van der Waals surface area contributed by atoms with Crippen LogP contribution in [-0.2, 0) is 16.6 Å². The molecule has 2 rings (SSSR count). The van der Waals surface area contributed by atoms with Gasteiger partial charge in [-0.1, -0.05) is 31.5 Å². The van der Waals surface area contributed by atoms with Crippen molar-refractivity contribution in [2.45, 2.75) is 31.3 Å². The Hall–Kier alpha value is -1.15. The van der Waals surface area contributed by atoms with E-state index in [9.17, 15) is 8.42 Å². The first kappa shape index (κ1) is 16.2. The van der Waals surface area contributed by atoms with Gasteiger partial charge in [0.15, 0.2) is 5.13 Å². The molecular formula is C13H16ClN3O2S2. The summed E-state index contributed by atoms with van der Waals surface area (Å²) in [5.41, 5.74) is 0.860. The predicted molar refractivity (Wildman–Crippen MR) is 86.4 cm³/mol. The molecule has 0 aliphatic carbocycles. The van der Waals surface area contributed by atoms with Crippen molar-refractivity contribution in [3.63, 3.8) is 0 Å². The lowest BCUT2D eigenvalue weighted by Crippen LogP contribution is -2.22. The van der Waals surface area contributed by atoms with Crippen LogP contribution in [0.25, 0.3) is 0 Å². The number of halogens is 1. The molecule has 8 heteroatoms. The van der Waals surface area contributed by atoms with Crippen molar-refractivity contribution in [2.75, 3.05) is 4.72 Å². The van der Waals surface area contributed by atoms with Gasteiger partial charge in [-0.15, -0.1) is 11.3 Å². The molecule has 5 nitrogen and oxygen atoms in total. The van der Waals surface area contributed by atoms with Gasteiger partial charge in [-0.3, -0.25) is 4.72 Å². The molecule has 0 fully saturated rings. The first-order valence-corrected chi connectivity index (χ1v) is 9.06. The summed E-state index contributed by atoms with van der Waals surface area (Å²) < 4.78 is 26.8. The highest BCUT2D eigenvalue weighted by molar-refractivity contribution is 7.93. The highest BCUT2D eigenvalue weighted by Gasteiger charge is 2.17. The molecule has 0 atom stereocenters. The van der Waals surface area contributed by atoms with Gasteiger partial charge in [-0.2, -0.15) is 0 Å². The maximum Gasteiger partial charge on any atom is 0.263 e. The average molecular weight is 346 g/mol. The van der Waals surface area contributed by atoms with Crippen molar-refractivity contribution in [3.05, 3.63) is 40.4 Å². The van der Waals surface area contributed by atoms with E-state index in [1.807, 2.05) is 13.8 Å². The van der Waals surface area contributed by atoms with Crippen LogP contribution in [0.1, 0.15) is 19.4 Å². The Labute approximate surface area is 133 Å². The van der Waals surface area contributed by atoms with Crippen molar-refractivity contribution in [3.8, 4) is 0 Å². The first-order valence-electron chi connectivity index (χ1n) is 6.32. The Balaban J connectivity index is 2.19. The molecule has 0 saturated heterocycles. The molecule has 2 aromatic rings. The number of hydrogen-bond donors (Lipinski definition) is 2. The summed E-state index contributed by atoms with van der Waals surface area (Å²) in [5.74, 6) is 0. The summed E-state index contributed by atoms with van der Waals surface area (Å²) >= 11 is 7.37. The van der Waals surface area contributed by atoms with Crippen LogP contribution in [0.5, 0.6) is 0 Å². The van der Waals surface area contributed by atoms with Gasteiger partial charge in [0.2, 0.25) is 0 Å². The van der Waals surface area contributed by atoms with Crippen molar-refractivity contribution in [2.24, 2.45) is 0 Å². The number of nitrogens with zero attached hydrogens (tertiary/aromatic N) is 1. The Morgan fingerprint density at radius 1 is 1.38 bits per heavy atom. The maximum absolute atomic E-state index is 12.2. The van der Waals surface area contributed by atoms with Gasteiger partial charge >= 0.3 is 0 Å². The minimum atomic E-state index is -3.66. The molecule has 0 aliphatic rings. The quantitative estimate of drug-likeness (QED) is 0.844. The molecule has 0 bridgehead atoms. The lowest BCUT2D eigenvalue weighted by molar-refractivity contribution is 0.588. The first-order chi connectivity index (χ1) is 9.88. The van der Waals surface area contributed by atoms with Crippen LogP contribution < -0.4 is 10.0 Å². The third-order valence-corrected chi connectivity index (χ3v) is 5.20. The summed E-state index contributed by atoms with van der Waals surface area (Å²) in [6.45, 7) is 4.66. The van der Waals surface area contributed by atoms with E-state index in [0.29, 0.717) is 22.7 Å². The van der Waals surface area contributed by atoms with E-state index >= 15 is 0 Å². The van der Waals surface area contributed by atoms with Crippen LogP contribution in [0.2, 0.25) is 5.02 Å². The minimum Gasteiger partial charge on any atom is -0.310 e. The zero-order chi connectivity index (χ0) is 15.5. The Morgan fingerprint density at radius 3 is 2.71 bits per heavy atom. The normalized spacial score (nSPS) is 11.8. The fraction of sp³-hybridized carbons (Fsp3) is 0.308. The van der Waals surface area contributed by atoms with E-state index < -0.39 is 10.0 Å². The van der Waals surface area contributed by atoms with E-state index in [1.54, 1.807) is 17.5 Å².